The fourth-order valence-corrected chi connectivity index (χ4v) is 1.66. The van der Waals surface area contributed by atoms with E-state index >= 15 is 0 Å². The molecule has 0 aliphatic heterocycles. The van der Waals surface area contributed by atoms with E-state index in [1.807, 2.05) is 12.1 Å². The summed E-state index contributed by atoms with van der Waals surface area (Å²) >= 11 is 0. The van der Waals surface area contributed by atoms with Crippen LogP contribution < -0.4 is 0 Å². The molecule has 0 saturated heterocycles. The van der Waals surface area contributed by atoms with Crippen LogP contribution in [0.15, 0.2) is 36.4 Å². The number of hydrogen-bond acceptors (Lipinski definition) is 0. The summed E-state index contributed by atoms with van der Waals surface area (Å²) < 4.78 is 37.7. The highest BCUT2D eigenvalue weighted by Crippen LogP contribution is 2.34. The second-order valence-corrected chi connectivity index (χ2v) is 3.51. The van der Waals surface area contributed by atoms with Gasteiger partial charge in [-0.1, -0.05) is 30.3 Å². The molecule has 0 fully saturated rings. The molecule has 2 rings (SSSR count). The van der Waals surface area contributed by atoms with Gasteiger partial charge in [0, 0.05) is 0 Å². The Bertz CT molecular complexity index is 498. The fourth-order valence-electron chi connectivity index (χ4n) is 1.66. The molecule has 0 radical (unpaired) electrons. The van der Waals surface area contributed by atoms with Crippen LogP contribution in [-0.2, 0) is 6.18 Å². The van der Waals surface area contributed by atoms with E-state index < -0.39 is 11.7 Å². The Morgan fingerprint density at radius 3 is 2.00 bits per heavy atom. The predicted octanol–water partition coefficient (Wildman–Crippen LogP) is 4.17. The zero-order chi connectivity index (χ0) is 11.1. The van der Waals surface area contributed by atoms with Crippen molar-refractivity contribution in [2.75, 3.05) is 0 Å². The summed E-state index contributed by atoms with van der Waals surface area (Å²) in [6, 6.07) is 9.81. The summed E-state index contributed by atoms with van der Waals surface area (Å²) in [4.78, 5) is 0. The van der Waals surface area contributed by atoms with Crippen LogP contribution >= 0.6 is 0 Å². The van der Waals surface area contributed by atoms with Gasteiger partial charge < -0.3 is 0 Å². The molecule has 0 aromatic heterocycles. The molecule has 0 aliphatic rings. The topological polar surface area (TPSA) is 0 Å². The largest absolute Gasteiger partial charge is 0.416 e. The molecule has 3 heteroatoms. The second kappa shape index (κ2) is 3.26. The zero-order valence-electron chi connectivity index (χ0n) is 8.10. The van der Waals surface area contributed by atoms with Gasteiger partial charge in [0.1, 0.15) is 0 Å². The van der Waals surface area contributed by atoms with Gasteiger partial charge in [-0.15, -0.1) is 0 Å². The molecule has 78 valence electrons. The van der Waals surface area contributed by atoms with Gasteiger partial charge in [-0.2, -0.15) is 13.2 Å². The highest BCUT2D eigenvalue weighted by molar-refractivity contribution is 5.84. The van der Waals surface area contributed by atoms with E-state index in [9.17, 15) is 13.2 Å². The first kappa shape index (κ1) is 10.0. The number of alkyl halides is 3. The van der Waals surface area contributed by atoms with Crippen molar-refractivity contribution in [3.8, 4) is 0 Å². The second-order valence-electron chi connectivity index (χ2n) is 3.51. The molecule has 15 heavy (non-hydrogen) atoms. The van der Waals surface area contributed by atoms with Crippen molar-refractivity contribution in [1.82, 2.24) is 0 Å². The smallest absolute Gasteiger partial charge is 0.166 e. The van der Waals surface area contributed by atoms with Gasteiger partial charge in [-0.3, -0.25) is 0 Å². The van der Waals surface area contributed by atoms with Gasteiger partial charge >= 0.3 is 6.18 Å². The van der Waals surface area contributed by atoms with E-state index in [-0.39, 0.29) is 5.56 Å². The van der Waals surface area contributed by atoms with Gasteiger partial charge in [0.05, 0.1) is 5.56 Å². The van der Waals surface area contributed by atoms with Gasteiger partial charge in [0.2, 0.25) is 0 Å². The Morgan fingerprint density at radius 2 is 1.47 bits per heavy atom. The van der Waals surface area contributed by atoms with E-state index in [0.29, 0.717) is 5.39 Å². The summed E-state index contributed by atoms with van der Waals surface area (Å²) in [5.41, 5.74) is -0.289. The van der Waals surface area contributed by atoms with E-state index in [1.54, 1.807) is 18.2 Å². The maximum atomic E-state index is 12.6. The molecule has 0 bridgehead atoms. The van der Waals surface area contributed by atoms with E-state index in [0.717, 1.165) is 5.39 Å². The number of rotatable bonds is 0. The molecule has 0 nitrogen and oxygen atoms in total. The highest BCUT2D eigenvalue weighted by Gasteiger charge is 2.32. The lowest BCUT2D eigenvalue weighted by atomic mass is 10.0. The molecule has 0 aliphatic carbocycles. The number of hydrogen-bond donors (Lipinski definition) is 0. The van der Waals surface area contributed by atoms with Crippen molar-refractivity contribution in [3.05, 3.63) is 47.5 Å². The lowest BCUT2D eigenvalue weighted by Crippen LogP contribution is -2.07. The lowest BCUT2D eigenvalue weighted by molar-refractivity contribution is -0.137. The van der Waals surface area contributed by atoms with E-state index in [4.69, 9.17) is 0 Å². The fraction of sp³-hybridized carbons (Fsp3) is 0.167. The average molecular weight is 210 g/mol. The summed E-state index contributed by atoms with van der Waals surface area (Å²) in [6.45, 7) is 1.48. The number of halogens is 3. The third-order valence-corrected chi connectivity index (χ3v) is 2.40. The minimum absolute atomic E-state index is 0.265. The molecule has 0 unspecified atom stereocenters. The van der Waals surface area contributed by atoms with Gasteiger partial charge in [-0.05, 0) is 29.3 Å². The van der Waals surface area contributed by atoms with Crippen molar-refractivity contribution in [2.24, 2.45) is 0 Å². The van der Waals surface area contributed by atoms with Gasteiger partial charge in [0.25, 0.3) is 0 Å². The van der Waals surface area contributed by atoms with Crippen LogP contribution in [0.3, 0.4) is 0 Å². The van der Waals surface area contributed by atoms with Gasteiger partial charge in [-0.25, -0.2) is 0 Å². The maximum Gasteiger partial charge on any atom is 0.416 e. The molecule has 0 heterocycles. The quantitative estimate of drug-likeness (QED) is 0.612. The molecule has 0 atom stereocenters. The van der Waals surface area contributed by atoms with Crippen LogP contribution in [0, 0.1) is 6.92 Å². The normalized spacial score (nSPS) is 12.0. The van der Waals surface area contributed by atoms with E-state index in [1.165, 1.54) is 13.0 Å². The molecule has 0 N–H and O–H groups in total. The molecule has 0 spiro atoms. The van der Waals surface area contributed by atoms with Crippen molar-refractivity contribution in [2.45, 2.75) is 13.1 Å². The van der Waals surface area contributed by atoms with Crippen LogP contribution in [0.4, 0.5) is 13.2 Å². The summed E-state index contributed by atoms with van der Waals surface area (Å²) in [6.07, 6.45) is -4.27. The Labute approximate surface area is 85.3 Å². The Kier molecular flexibility index (Phi) is 2.18. The minimum atomic E-state index is -4.27. The number of aryl methyl sites for hydroxylation is 1. The lowest BCUT2D eigenvalue weighted by Gasteiger charge is -2.11. The molecule has 2 aromatic carbocycles. The van der Waals surface area contributed by atoms with Crippen molar-refractivity contribution in [1.29, 1.82) is 0 Å². The first-order chi connectivity index (χ1) is 6.98. The number of benzene rings is 2. The van der Waals surface area contributed by atoms with Gasteiger partial charge in [0.15, 0.2) is 0 Å². The minimum Gasteiger partial charge on any atom is -0.166 e. The van der Waals surface area contributed by atoms with Crippen LogP contribution in [0.5, 0.6) is 0 Å². The van der Waals surface area contributed by atoms with Crippen LogP contribution in [0.2, 0.25) is 0 Å². The van der Waals surface area contributed by atoms with Crippen LogP contribution in [-0.4, -0.2) is 0 Å². The Balaban J connectivity index is 2.73. The highest BCUT2D eigenvalue weighted by atomic mass is 19.4. The van der Waals surface area contributed by atoms with Crippen molar-refractivity contribution < 1.29 is 13.2 Å². The summed E-state index contributed by atoms with van der Waals surface area (Å²) in [5.74, 6) is 0. The monoisotopic (exact) mass is 210 g/mol. The molecule has 0 saturated carbocycles. The predicted molar refractivity (Wildman–Crippen MR) is 53.7 cm³/mol. The standard InChI is InChI=1S/C12H9F3/c1-8-6-9-4-2-3-5-10(9)7-11(8)12(13,14)15/h2-7H,1H3. The molecule has 0 amide bonds. The molecular weight excluding hydrogens is 201 g/mol. The van der Waals surface area contributed by atoms with Crippen LogP contribution in [0.25, 0.3) is 10.8 Å². The first-order valence-electron chi connectivity index (χ1n) is 4.55. The first-order valence-corrected chi connectivity index (χ1v) is 4.55. The SMILES string of the molecule is Cc1cc2ccccc2cc1C(F)(F)F. The third kappa shape index (κ3) is 1.82. The van der Waals surface area contributed by atoms with Crippen molar-refractivity contribution in [3.63, 3.8) is 0 Å². The molecular formula is C12H9F3. The zero-order valence-corrected chi connectivity index (χ0v) is 8.10. The van der Waals surface area contributed by atoms with Crippen molar-refractivity contribution >= 4 is 10.8 Å². The Morgan fingerprint density at radius 1 is 0.933 bits per heavy atom. The van der Waals surface area contributed by atoms with E-state index in [2.05, 4.69) is 0 Å². The van der Waals surface area contributed by atoms with Crippen LogP contribution in [0.1, 0.15) is 11.1 Å². The third-order valence-electron chi connectivity index (χ3n) is 2.40. The summed E-state index contributed by atoms with van der Waals surface area (Å²) in [5, 5.41) is 1.46. The molecule has 2 aromatic rings. The summed E-state index contributed by atoms with van der Waals surface area (Å²) in [7, 11) is 0. The maximum absolute atomic E-state index is 12.6. The Hall–Kier alpha value is -1.51. The average Bonchev–Trinajstić information content (AvgIpc) is 2.15. The number of fused-ring (bicyclic) bond motifs is 1.